The van der Waals surface area contributed by atoms with Crippen molar-refractivity contribution in [1.29, 1.82) is 0 Å². The fraction of sp³-hybridized carbons (Fsp3) is 0.417. The van der Waals surface area contributed by atoms with Gasteiger partial charge in [-0.05, 0) is 19.4 Å². The van der Waals surface area contributed by atoms with E-state index in [4.69, 9.17) is 4.74 Å². The largest absolute Gasteiger partial charge is 0.382 e. The van der Waals surface area contributed by atoms with Gasteiger partial charge in [0, 0.05) is 37.5 Å². The molecule has 6 heteroatoms. The second-order valence-electron chi connectivity index (χ2n) is 3.61. The monoisotopic (exact) mass is 252 g/mol. The number of nitrogens with one attached hydrogen (secondary N) is 1. The van der Waals surface area contributed by atoms with Crippen molar-refractivity contribution < 1.29 is 14.5 Å². The van der Waals surface area contributed by atoms with E-state index >= 15 is 0 Å². The first kappa shape index (κ1) is 14.1. The summed E-state index contributed by atoms with van der Waals surface area (Å²) in [4.78, 5) is 21.7. The summed E-state index contributed by atoms with van der Waals surface area (Å²) in [6, 6.07) is 5.65. The van der Waals surface area contributed by atoms with Gasteiger partial charge in [0.1, 0.15) is 0 Å². The highest BCUT2D eigenvalue weighted by molar-refractivity contribution is 5.94. The van der Waals surface area contributed by atoms with Crippen molar-refractivity contribution in [3.05, 3.63) is 39.9 Å². The zero-order chi connectivity index (χ0) is 13.4. The van der Waals surface area contributed by atoms with Crippen LogP contribution < -0.4 is 5.32 Å². The minimum absolute atomic E-state index is 0.0861. The highest BCUT2D eigenvalue weighted by Crippen LogP contribution is 2.12. The molecule has 0 aliphatic rings. The van der Waals surface area contributed by atoms with Gasteiger partial charge in [0.25, 0.3) is 11.6 Å². The Morgan fingerprint density at radius 1 is 1.50 bits per heavy atom. The van der Waals surface area contributed by atoms with Crippen LogP contribution in [0.3, 0.4) is 0 Å². The molecule has 0 unspecified atom stereocenters. The summed E-state index contributed by atoms with van der Waals surface area (Å²) >= 11 is 0. The lowest BCUT2D eigenvalue weighted by molar-refractivity contribution is -0.384. The zero-order valence-electron chi connectivity index (χ0n) is 10.2. The average Bonchev–Trinajstić information content (AvgIpc) is 2.38. The van der Waals surface area contributed by atoms with Gasteiger partial charge in [0.2, 0.25) is 0 Å². The van der Waals surface area contributed by atoms with E-state index in [-0.39, 0.29) is 11.6 Å². The van der Waals surface area contributed by atoms with Crippen LogP contribution in [0.1, 0.15) is 23.7 Å². The van der Waals surface area contributed by atoms with Gasteiger partial charge in [0.15, 0.2) is 0 Å². The summed E-state index contributed by atoms with van der Waals surface area (Å²) in [7, 11) is 0. The van der Waals surface area contributed by atoms with E-state index in [2.05, 4.69) is 5.32 Å². The fourth-order valence-electron chi connectivity index (χ4n) is 1.38. The highest BCUT2D eigenvalue weighted by Gasteiger charge is 2.10. The van der Waals surface area contributed by atoms with Crippen LogP contribution in [0.5, 0.6) is 0 Å². The number of carbonyl (C=O) groups excluding carboxylic acids is 1. The normalized spacial score (nSPS) is 10.1. The minimum atomic E-state index is -0.522. The predicted molar refractivity (Wildman–Crippen MR) is 66.5 cm³/mol. The molecule has 0 saturated carbocycles. The molecular formula is C12H16N2O4. The topological polar surface area (TPSA) is 81.5 Å². The molecule has 0 aliphatic carbocycles. The Morgan fingerprint density at radius 2 is 2.28 bits per heavy atom. The molecule has 1 amide bonds. The van der Waals surface area contributed by atoms with Gasteiger partial charge in [-0.3, -0.25) is 14.9 Å². The summed E-state index contributed by atoms with van der Waals surface area (Å²) in [5.41, 5.74) is 0.206. The molecule has 1 aromatic carbocycles. The molecule has 0 saturated heterocycles. The number of hydrogen-bond acceptors (Lipinski definition) is 4. The van der Waals surface area contributed by atoms with Crippen molar-refractivity contribution in [3.8, 4) is 0 Å². The number of ether oxygens (including phenoxy) is 1. The van der Waals surface area contributed by atoms with Gasteiger partial charge < -0.3 is 10.1 Å². The Bertz CT molecular complexity index is 420. The minimum Gasteiger partial charge on any atom is -0.382 e. The number of hydrogen-bond donors (Lipinski definition) is 1. The maximum Gasteiger partial charge on any atom is 0.270 e. The molecule has 6 nitrogen and oxygen atoms in total. The Kier molecular flexibility index (Phi) is 5.79. The lowest BCUT2D eigenvalue weighted by Crippen LogP contribution is -2.25. The molecule has 18 heavy (non-hydrogen) atoms. The van der Waals surface area contributed by atoms with Gasteiger partial charge in [-0.1, -0.05) is 6.07 Å². The van der Waals surface area contributed by atoms with Gasteiger partial charge in [-0.2, -0.15) is 0 Å². The molecule has 98 valence electrons. The number of rotatable bonds is 7. The Labute approximate surface area is 105 Å². The summed E-state index contributed by atoms with van der Waals surface area (Å²) in [5.74, 6) is -0.310. The number of amides is 1. The average molecular weight is 252 g/mol. The number of benzene rings is 1. The lowest BCUT2D eigenvalue weighted by atomic mass is 10.2. The van der Waals surface area contributed by atoms with Gasteiger partial charge >= 0.3 is 0 Å². The third kappa shape index (κ3) is 4.50. The van der Waals surface area contributed by atoms with E-state index in [1.807, 2.05) is 6.92 Å². The van der Waals surface area contributed by atoms with Crippen LogP contribution in [-0.4, -0.2) is 30.6 Å². The fourth-order valence-corrected chi connectivity index (χ4v) is 1.38. The van der Waals surface area contributed by atoms with E-state index in [1.54, 1.807) is 6.07 Å². The van der Waals surface area contributed by atoms with Crippen LogP contribution in [0.15, 0.2) is 24.3 Å². The quantitative estimate of drug-likeness (QED) is 0.455. The van der Waals surface area contributed by atoms with Crippen LogP contribution in [0.25, 0.3) is 0 Å². The number of non-ortho nitro benzene ring substituents is 1. The highest BCUT2D eigenvalue weighted by atomic mass is 16.6. The van der Waals surface area contributed by atoms with Crippen LogP contribution >= 0.6 is 0 Å². The molecule has 1 rings (SSSR count). The molecule has 1 aromatic rings. The van der Waals surface area contributed by atoms with Crippen molar-refractivity contribution in [1.82, 2.24) is 5.32 Å². The van der Waals surface area contributed by atoms with Crippen molar-refractivity contribution in [2.75, 3.05) is 19.8 Å². The third-order valence-corrected chi connectivity index (χ3v) is 2.27. The summed E-state index contributed by atoms with van der Waals surface area (Å²) in [6.07, 6.45) is 0.717. The first-order valence-electron chi connectivity index (χ1n) is 5.75. The van der Waals surface area contributed by atoms with E-state index in [0.29, 0.717) is 31.7 Å². The SMILES string of the molecule is CCOCCCNC(=O)c1cccc([N+](=O)[O-])c1. The zero-order valence-corrected chi connectivity index (χ0v) is 10.2. The van der Waals surface area contributed by atoms with Gasteiger partial charge in [-0.15, -0.1) is 0 Å². The lowest BCUT2D eigenvalue weighted by Gasteiger charge is -2.05. The number of carbonyl (C=O) groups is 1. The van der Waals surface area contributed by atoms with Crippen molar-refractivity contribution in [2.24, 2.45) is 0 Å². The molecule has 0 atom stereocenters. The molecule has 0 heterocycles. The number of nitro benzene ring substituents is 1. The smallest absolute Gasteiger partial charge is 0.270 e. The van der Waals surface area contributed by atoms with Crippen LogP contribution in [0, 0.1) is 10.1 Å². The van der Waals surface area contributed by atoms with Gasteiger partial charge in [-0.25, -0.2) is 0 Å². The summed E-state index contributed by atoms with van der Waals surface area (Å²) in [5, 5.41) is 13.2. The van der Waals surface area contributed by atoms with Crippen molar-refractivity contribution >= 4 is 11.6 Å². The Balaban J connectivity index is 2.46. The van der Waals surface area contributed by atoms with Crippen LogP contribution in [0.4, 0.5) is 5.69 Å². The molecule has 0 aliphatic heterocycles. The van der Waals surface area contributed by atoms with Gasteiger partial charge in [0.05, 0.1) is 4.92 Å². The molecule has 0 aromatic heterocycles. The van der Waals surface area contributed by atoms with Crippen LogP contribution in [0.2, 0.25) is 0 Å². The second kappa shape index (κ2) is 7.39. The second-order valence-corrected chi connectivity index (χ2v) is 3.61. The van der Waals surface area contributed by atoms with Crippen LogP contribution in [-0.2, 0) is 4.74 Å². The number of nitro groups is 1. The van der Waals surface area contributed by atoms with E-state index < -0.39 is 4.92 Å². The van der Waals surface area contributed by atoms with Crippen molar-refractivity contribution in [2.45, 2.75) is 13.3 Å². The number of nitrogens with zero attached hydrogens (tertiary/aromatic N) is 1. The first-order chi connectivity index (χ1) is 8.65. The first-order valence-corrected chi connectivity index (χ1v) is 5.75. The van der Waals surface area contributed by atoms with E-state index in [0.717, 1.165) is 0 Å². The molecule has 0 radical (unpaired) electrons. The predicted octanol–water partition coefficient (Wildman–Crippen LogP) is 1.75. The van der Waals surface area contributed by atoms with E-state index in [9.17, 15) is 14.9 Å². The third-order valence-electron chi connectivity index (χ3n) is 2.27. The summed E-state index contributed by atoms with van der Waals surface area (Å²) < 4.78 is 5.13. The standard InChI is InChI=1S/C12H16N2O4/c1-2-18-8-4-7-13-12(15)10-5-3-6-11(9-10)14(16)17/h3,5-6,9H,2,4,7-8H2,1H3,(H,13,15). The molecular weight excluding hydrogens is 236 g/mol. The molecule has 0 spiro atoms. The van der Waals surface area contributed by atoms with E-state index in [1.165, 1.54) is 18.2 Å². The summed E-state index contributed by atoms with van der Waals surface area (Å²) in [6.45, 7) is 3.63. The Hall–Kier alpha value is -1.95. The molecule has 1 N–H and O–H groups in total. The molecule has 0 fully saturated rings. The maximum atomic E-state index is 11.7. The molecule has 0 bridgehead atoms. The maximum absolute atomic E-state index is 11.7. The Morgan fingerprint density at radius 3 is 2.94 bits per heavy atom. The van der Waals surface area contributed by atoms with Crippen molar-refractivity contribution in [3.63, 3.8) is 0 Å².